The van der Waals surface area contributed by atoms with E-state index in [-0.39, 0.29) is 30.4 Å². The van der Waals surface area contributed by atoms with E-state index in [0.717, 1.165) is 25.8 Å². The zero-order chi connectivity index (χ0) is 20.4. The summed E-state index contributed by atoms with van der Waals surface area (Å²) in [5.74, 6) is 0.387. The summed E-state index contributed by atoms with van der Waals surface area (Å²) in [6.45, 7) is 2.29. The van der Waals surface area contributed by atoms with Crippen LogP contribution in [0.15, 0.2) is 28.9 Å². The first kappa shape index (κ1) is 19.3. The van der Waals surface area contributed by atoms with Gasteiger partial charge in [0.25, 0.3) is 5.91 Å². The molecule has 2 saturated heterocycles. The number of fused-ring (bicyclic) bond motifs is 1. The fraction of sp³-hybridized carbons (Fsp3) is 0.476. The Labute approximate surface area is 169 Å². The van der Waals surface area contributed by atoms with Gasteiger partial charge in [-0.05, 0) is 25.3 Å². The molecule has 2 aromatic rings. The van der Waals surface area contributed by atoms with Gasteiger partial charge in [-0.3, -0.25) is 14.5 Å². The van der Waals surface area contributed by atoms with Gasteiger partial charge >= 0.3 is 0 Å². The summed E-state index contributed by atoms with van der Waals surface area (Å²) in [7, 11) is 1.56. The molecule has 0 radical (unpaired) electrons. The third-order valence-electron chi connectivity index (χ3n) is 5.72. The Morgan fingerprint density at radius 3 is 3.00 bits per heavy atom. The summed E-state index contributed by atoms with van der Waals surface area (Å²) in [6.07, 6.45) is 3.87. The molecule has 2 amide bonds. The van der Waals surface area contributed by atoms with Crippen molar-refractivity contribution >= 4 is 22.8 Å². The molecule has 0 aliphatic carbocycles. The highest BCUT2D eigenvalue weighted by molar-refractivity contribution is 6.07. The van der Waals surface area contributed by atoms with Gasteiger partial charge in [-0.2, -0.15) is 5.26 Å². The van der Waals surface area contributed by atoms with Gasteiger partial charge in [0.15, 0.2) is 11.3 Å². The van der Waals surface area contributed by atoms with Gasteiger partial charge in [-0.15, -0.1) is 0 Å². The van der Waals surface area contributed by atoms with E-state index in [0.29, 0.717) is 35.4 Å². The van der Waals surface area contributed by atoms with E-state index in [1.807, 2.05) is 17.0 Å². The molecule has 29 heavy (non-hydrogen) atoms. The van der Waals surface area contributed by atoms with E-state index in [1.165, 1.54) is 6.26 Å². The summed E-state index contributed by atoms with van der Waals surface area (Å²) >= 11 is 0. The van der Waals surface area contributed by atoms with Crippen LogP contribution >= 0.6 is 0 Å². The van der Waals surface area contributed by atoms with E-state index in [4.69, 9.17) is 14.4 Å². The predicted molar refractivity (Wildman–Crippen MR) is 105 cm³/mol. The molecular weight excluding hydrogens is 372 g/mol. The van der Waals surface area contributed by atoms with E-state index in [9.17, 15) is 9.59 Å². The van der Waals surface area contributed by atoms with Gasteiger partial charge in [0.1, 0.15) is 12.3 Å². The Bertz CT molecular complexity index is 963. The van der Waals surface area contributed by atoms with Crippen LogP contribution in [0.5, 0.6) is 5.75 Å². The zero-order valence-corrected chi connectivity index (χ0v) is 16.4. The number of nitriles is 1. The molecule has 2 aliphatic rings. The van der Waals surface area contributed by atoms with Crippen molar-refractivity contribution in [3.63, 3.8) is 0 Å². The number of carbonyl (C=O) groups is 2. The quantitative estimate of drug-likeness (QED) is 0.827. The maximum atomic E-state index is 12.8. The van der Waals surface area contributed by atoms with E-state index >= 15 is 0 Å². The van der Waals surface area contributed by atoms with Crippen molar-refractivity contribution in [2.45, 2.75) is 31.3 Å². The van der Waals surface area contributed by atoms with Gasteiger partial charge in [0.2, 0.25) is 5.91 Å². The number of para-hydroxylation sites is 1. The molecule has 8 heteroatoms. The number of likely N-dealkylation sites (tertiary alicyclic amines) is 2. The fourth-order valence-corrected chi connectivity index (χ4v) is 4.21. The Kier molecular flexibility index (Phi) is 5.41. The molecule has 0 saturated carbocycles. The summed E-state index contributed by atoms with van der Waals surface area (Å²) < 4.78 is 10.8. The van der Waals surface area contributed by atoms with Crippen molar-refractivity contribution < 1.29 is 18.7 Å². The number of nitrogens with zero attached hydrogens (tertiary/aromatic N) is 3. The minimum Gasteiger partial charge on any atom is -0.493 e. The molecule has 2 aliphatic heterocycles. The molecule has 8 nitrogen and oxygen atoms in total. The average Bonchev–Trinajstić information content (AvgIpc) is 3.46. The number of furan rings is 1. The number of benzene rings is 1. The van der Waals surface area contributed by atoms with Crippen LogP contribution in [0.4, 0.5) is 0 Å². The first-order valence-corrected chi connectivity index (χ1v) is 9.87. The SMILES string of the molecule is COc1cccc2c(C(=O)N[C@H]3CCN(CC(=O)N4CCCC4C#N)C3)coc12. The van der Waals surface area contributed by atoms with Gasteiger partial charge in [0.05, 0.1) is 25.3 Å². The van der Waals surface area contributed by atoms with Crippen LogP contribution < -0.4 is 10.1 Å². The molecule has 1 N–H and O–H groups in total. The lowest BCUT2D eigenvalue weighted by atomic mass is 10.1. The highest BCUT2D eigenvalue weighted by Gasteiger charge is 2.32. The van der Waals surface area contributed by atoms with Crippen LogP contribution in [0.25, 0.3) is 11.0 Å². The Hall–Kier alpha value is -3.05. The van der Waals surface area contributed by atoms with Gasteiger partial charge in [-0.25, -0.2) is 0 Å². The Morgan fingerprint density at radius 2 is 2.21 bits per heavy atom. The number of rotatable bonds is 5. The van der Waals surface area contributed by atoms with Gasteiger partial charge in [0, 0.05) is 31.1 Å². The number of ether oxygens (including phenoxy) is 1. The molecule has 2 fully saturated rings. The highest BCUT2D eigenvalue weighted by Crippen LogP contribution is 2.29. The number of hydrogen-bond donors (Lipinski definition) is 1. The number of methoxy groups -OCH3 is 1. The van der Waals surface area contributed by atoms with Crippen LogP contribution in [0, 0.1) is 11.3 Å². The lowest BCUT2D eigenvalue weighted by molar-refractivity contribution is -0.132. The van der Waals surface area contributed by atoms with Crippen LogP contribution in [0.1, 0.15) is 29.6 Å². The molecule has 0 spiro atoms. The number of hydrogen-bond acceptors (Lipinski definition) is 6. The molecule has 0 bridgehead atoms. The van der Waals surface area contributed by atoms with E-state index in [2.05, 4.69) is 11.4 Å². The van der Waals surface area contributed by atoms with Crippen LogP contribution in [-0.2, 0) is 4.79 Å². The Balaban J connectivity index is 1.35. The minimum atomic E-state index is -0.299. The zero-order valence-electron chi connectivity index (χ0n) is 16.4. The smallest absolute Gasteiger partial charge is 0.255 e. The lowest BCUT2D eigenvalue weighted by Crippen LogP contribution is -2.43. The van der Waals surface area contributed by atoms with Gasteiger partial charge in [-0.1, -0.05) is 12.1 Å². The molecule has 1 unspecified atom stereocenters. The summed E-state index contributed by atoms with van der Waals surface area (Å²) in [5, 5.41) is 12.9. The predicted octanol–water partition coefficient (Wildman–Crippen LogP) is 1.76. The third kappa shape index (κ3) is 3.78. The molecule has 1 aromatic heterocycles. The molecule has 3 heterocycles. The van der Waals surface area contributed by atoms with Crippen molar-refractivity contribution in [3.8, 4) is 11.8 Å². The first-order valence-electron chi connectivity index (χ1n) is 9.87. The summed E-state index contributed by atoms with van der Waals surface area (Å²) in [6, 6.07) is 7.32. The lowest BCUT2D eigenvalue weighted by Gasteiger charge is -2.23. The Morgan fingerprint density at radius 1 is 1.34 bits per heavy atom. The van der Waals surface area contributed by atoms with Crippen molar-refractivity contribution in [3.05, 3.63) is 30.0 Å². The number of nitrogens with one attached hydrogen (secondary N) is 1. The molecule has 152 valence electrons. The molecule has 4 rings (SSSR count). The molecular formula is C21H24N4O4. The van der Waals surface area contributed by atoms with E-state index in [1.54, 1.807) is 18.1 Å². The summed E-state index contributed by atoms with van der Waals surface area (Å²) in [4.78, 5) is 29.0. The van der Waals surface area contributed by atoms with Crippen LogP contribution in [0.3, 0.4) is 0 Å². The molecule has 2 atom stereocenters. The first-order chi connectivity index (χ1) is 14.1. The third-order valence-corrected chi connectivity index (χ3v) is 5.72. The number of carbonyl (C=O) groups excluding carboxylic acids is 2. The van der Waals surface area contributed by atoms with Crippen molar-refractivity contribution in [1.29, 1.82) is 5.26 Å². The number of amides is 2. The van der Waals surface area contributed by atoms with Crippen molar-refractivity contribution in [2.75, 3.05) is 33.3 Å². The van der Waals surface area contributed by atoms with Crippen molar-refractivity contribution in [1.82, 2.24) is 15.1 Å². The van der Waals surface area contributed by atoms with Crippen molar-refractivity contribution in [2.24, 2.45) is 0 Å². The standard InChI is InChI=1S/C21H24N4O4/c1-28-18-6-2-5-16-17(13-29-20(16)18)21(27)23-14-7-9-24(11-14)12-19(26)25-8-3-4-15(25)10-22/h2,5-6,13-15H,3-4,7-9,11-12H2,1H3,(H,23,27)/t14-,15?/m0/s1. The maximum Gasteiger partial charge on any atom is 0.255 e. The van der Waals surface area contributed by atoms with E-state index < -0.39 is 0 Å². The normalized spacial score (nSPS) is 22.0. The monoisotopic (exact) mass is 396 g/mol. The molecule has 1 aromatic carbocycles. The average molecular weight is 396 g/mol. The highest BCUT2D eigenvalue weighted by atomic mass is 16.5. The topological polar surface area (TPSA) is 98.8 Å². The summed E-state index contributed by atoms with van der Waals surface area (Å²) in [5.41, 5.74) is 1.03. The second-order valence-electron chi connectivity index (χ2n) is 7.55. The fourth-order valence-electron chi connectivity index (χ4n) is 4.21. The van der Waals surface area contributed by atoms with Crippen LogP contribution in [-0.4, -0.2) is 67.0 Å². The van der Waals surface area contributed by atoms with Gasteiger partial charge < -0.3 is 19.4 Å². The largest absolute Gasteiger partial charge is 0.493 e. The maximum absolute atomic E-state index is 12.8. The van der Waals surface area contributed by atoms with Crippen LogP contribution in [0.2, 0.25) is 0 Å². The second-order valence-corrected chi connectivity index (χ2v) is 7.55. The minimum absolute atomic E-state index is 0.00560. The second kappa shape index (κ2) is 8.13.